The van der Waals surface area contributed by atoms with Crippen LogP contribution in [0.1, 0.15) is 5.69 Å². The van der Waals surface area contributed by atoms with E-state index < -0.39 is 10.0 Å². The van der Waals surface area contributed by atoms with Crippen molar-refractivity contribution in [3.63, 3.8) is 0 Å². The fourth-order valence-corrected chi connectivity index (χ4v) is 5.36. The Kier molecular flexibility index (Phi) is 5.01. The van der Waals surface area contributed by atoms with Gasteiger partial charge in [-0.05, 0) is 31.4 Å². The van der Waals surface area contributed by atoms with Crippen molar-refractivity contribution in [2.45, 2.75) is 16.0 Å². The molecule has 0 bridgehead atoms. The average Bonchev–Trinajstić information content (AvgIpc) is 2.67. The standard InChI is InChI=1S/C11H10BrClN2O2S3/c1-6-10(18-2)19-11(14-6)15-20(16,17)9-4-3-7(12)5-8(9)13/h3-5H,1-2H3,(H,14,15). The molecular weight excluding hydrogens is 404 g/mol. The molecule has 20 heavy (non-hydrogen) atoms. The normalized spacial score (nSPS) is 11.6. The van der Waals surface area contributed by atoms with Gasteiger partial charge in [0.15, 0.2) is 5.13 Å². The predicted molar refractivity (Wildman–Crippen MR) is 88.6 cm³/mol. The van der Waals surface area contributed by atoms with Gasteiger partial charge in [0.2, 0.25) is 0 Å². The topological polar surface area (TPSA) is 59.1 Å². The van der Waals surface area contributed by atoms with Crippen LogP contribution in [0, 0.1) is 6.92 Å². The van der Waals surface area contributed by atoms with Crippen molar-refractivity contribution >= 4 is 65.8 Å². The van der Waals surface area contributed by atoms with E-state index in [1.807, 2.05) is 13.2 Å². The number of hydrogen-bond acceptors (Lipinski definition) is 5. The predicted octanol–water partition coefficient (Wildman–Crippen LogP) is 4.39. The highest BCUT2D eigenvalue weighted by Crippen LogP contribution is 2.32. The van der Waals surface area contributed by atoms with Gasteiger partial charge in [-0.15, -0.1) is 11.8 Å². The zero-order valence-electron chi connectivity index (χ0n) is 10.5. The minimum atomic E-state index is -3.74. The van der Waals surface area contributed by atoms with E-state index in [1.54, 1.807) is 6.07 Å². The number of sulfonamides is 1. The summed E-state index contributed by atoms with van der Waals surface area (Å²) in [5.41, 5.74) is 0.808. The van der Waals surface area contributed by atoms with Gasteiger partial charge in [-0.3, -0.25) is 4.72 Å². The fraction of sp³-hybridized carbons (Fsp3) is 0.182. The number of thiazole rings is 1. The highest BCUT2D eigenvalue weighted by atomic mass is 79.9. The number of hydrogen-bond donors (Lipinski definition) is 1. The van der Waals surface area contributed by atoms with E-state index >= 15 is 0 Å². The number of rotatable bonds is 4. The molecule has 0 atom stereocenters. The number of aryl methyl sites for hydroxylation is 1. The van der Waals surface area contributed by atoms with Gasteiger partial charge < -0.3 is 0 Å². The quantitative estimate of drug-likeness (QED) is 0.755. The van der Waals surface area contributed by atoms with E-state index in [-0.39, 0.29) is 9.92 Å². The van der Waals surface area contributed by atoms with Crippen LogP contribution in [-0.2, 0) is 10.0 Å². The molecule has 0 saturated carbocycles. The Bertz CT molecular complexity index is 746. The molecule has 4 nitrogen and oxygen atoms in total. The van der Waals surface area contributed by atoms with Gasteiger partial charge in [0.25, 0.3) is 10.0 Å². The van der Waals surface area contributed by atoms with Crippen molar-refractivity contribution in [2.24, 2.45) is 0 Å². The van der Waals surface area contributed by atoms with E-state index in [9.17, 15) is 8.42 Å². The monoisotopic (exact) mass is 412 g/mol. The van der Waals surface area contributed by atoms with E-state index in [4.69, 9.17) is 11.6 Å². The molecule has 0 aliphatic carbocycles. The lowest BCUT2D eigenvalue weighted by atomic mass is 10.4. The number of nitrogens with zero attached hydrogens (tertiary/aromatic N) is 1. The molecule has 1 aromatic carbocycles. The first-order valence-corrected chi connectivity index (χ1v) is 10.0. The average molecular weight is 414 g/mol. The maximum absolute atomic E-state index is 12.3. The van der Waals surface area contributed by atoms with E-state index in [2.05, 4.69) is 25.6 Å². The van der Waals surface area contributed by atoms with Gasteiger partial charge in [0, 0.05) is 4.47 Å². The maximum Gasteiger partial charge on any atom is 0.265 e. The molecule has 0 fully saturated rings. The van der Waals surface area contributed by atoms with Crippen LogP contribution in [0.5, 0.6) is 0 Å². The third-order valence-electron chi connectivity index (χ3n) is 2.34. The van der Waals surface area contributed by atoms with Crippen LogP contribution in [-0.4, -0.2) is 19.7 Å². The van der Waals surface area contributed by atoms with Crippen LogP contribution in [0.2, 0.25) is 5.02 Å². The molecular formula is C11H10BrClN2O2S3. The molecule has 0 saturated heterocycles. The molecule has 2 rings (SSSR count). The van der Waals surface area contributed by atoms with E-state index in [0.717, 1.165) is 14.4 Å². The van der Waals surface area contributed by atoms with Crippen LogP contribution < -0.4 is 4.72 Å². The second-order valence-electron chi connectivity index (χ2n) is 3.78. The zero-order chi connectivity index (χ0) is 14.9. The second kappa shape index (κ2) is 6.23. The van der Waals surface area contributed by atoms with Crippen LogP contribution in [0.15, 0.2) is 31.8 Å². The molecule has 9 heteroatoms. The van der Waals surface area contributed by atoms with E-state index in [0.29, 0.717) is 5.13 Å². The first kappa shape index (κ1) is 16.1. The molecule has 2 aromatic rings. The van der Waals surface area contributed by atoms with Crippen molar-refractivity contribution in [3.05, 3.63) is 33.4 Å². The van der Waals surface area contributed by atoms with Crippen LogP contribution in [0.25, 0.3) is 0 Å². The summed E-state index contributed by atoms with van der Waals surface area (Å²) in [6, 6.07) is 4.61. The summed E-state index contributed by atoms with van der Waals surface area (Å²) in [5, 5.41) is 0.496. The molecule has 1 heterocycles. The largest absolute Gasteiger partial charge is 0.265 e. The summed E-state index contributed by atoms with van der Waals surface area (Å²) in [6.07, 6.45) is 1.92. The van der Waals surface area contributed by atoms with Gasteiger partial charge in [-0.1, -0.05) is 38.9 Å². The van der Waals surface area contributed by atoms with Gasteiger partial charge >= 0.3 is 0 Å². The summed E-state index contributed by atoms with van der Waals surface area (Å²) < 4.78 is 28.7. The summed E-state index contributed by atoms with van der Waals surface area (Å²) in [6.45, 7) is 1.84. The van der Waals surface area contributed by atoms with Gasteiger partial charge in [0.1, 0.15) is 4.90 Å². The van der Waals surface area contributed by atoms with Crippen LogP contribution in [0.3, 0.4) is 0 Å². The Morgan fingerprint density at radius 2 is 2.15 bits per heavy atom. The maximum atomic E-state index is 12.3. The lowest BCUT2D eigenvalue weighted by molar-refractivity contribution is 0.601. The zero-order valence-corrected chi connectivity index (χ0v) is 15.3. The molecule has 108 valence electrons. The summed E-state index contributed by atoms with van der Waals surface area (Å²) >= 11 is 12.0. The lowest BCUT2D eigenvalue weighted by Crippen LogP contribution is -2.13. The second-order valence-corrected chi connectivity index (χ2v) is 8.82. The molecule has 0 aliphatic rings. The molecule has 0 amide bonds. The minimum Gasteiger partial charge on any atom is -0.255 e. The van der Waals surface area contributed by atoms with E-state index in [1.165, 1.54) is 35.2 Å². The summed E-state index contributed by atoms with van der Waals surface area (Å²) in [7, 11) is -3.74. The number of nitrogens with one attached hydrogen (secondary N) is 1. The Balaban J connectivity index is 2.35. The third kappa shape index (κ3) is 3.48. The smallest absolute Gasteiger partial charge is 0.255 e. The Hall–Kier alpha value is -0.280. The summed E-state index contributed by atoms with van der Waals surface area (Å²) in [5.74, 6) is 0. The molecule has 0 spiro atoms. The molecule has 1 N–H and O–H groups in total. The Morgan fingerprint density at radius 3 is 2.70 bits per heavy atom. The Morgan fingerprint density at radius 1 is 1.45 bits per heavy atom. The van der Waals surface area contributed by atoms with Crippen molar-refractivity contribution < 1.29 is 8.42 Å². The SMILES string of the molecule is CSc1sc(NS(=O)(=O)c2ccc(Br)cc2Cl)nc1C. The number of benzene rings is 1. The number of anilines is 1. The first-order chi connectivity index (χ1) is 9.33. The molecule has 0 unspecified atom stereocenters. The summed E-state index contributed by atoms with van der Waals surface area (Å²) in [4.78, 5) is 4.22. The van der Waals surface area contributed by atoms with Gasteiger partial charge in [-0.25, -0.2) is 13.4 Å². The number of thioether (sulfide) groups is 1. The highest BCUT2D eigenvalue weighted by Gasteiger charge is 2.20. The van der Waals surface area contributed by atoms with Crippen LogP contribution in [0.4, 0.5) is 5.13 Å². The van der Waals surface area contributed by atoms with Crippen molar-refractivity contribution in [1.29, 1.82) is 0 Å². The number of aromatic nitrogens is 1. The Labute approximate surface area is 139 Å². The fourth-order valence-electron chi connectivity index (χ4n) is 1.48. The van der Waals surface area contributed by atoms with Crippen molar-refractivity contribution in [1.82, 2.24) is 4.98 Å². The highest BCUT2D eigenvalue weighted by molar-refractivity contribution is 9.10. The third-order valence-corrected chi connectivity index (χ3v) is 7.07. The lowest BCUT2D eigenvalue weighted by Gasteiger charge is -2.07. The van der Waals surface area contributed by atoms with Gasteiger partial charge in [-0.2, -0.15) is 0 Å². The first-order valence-electron chi connectivity index (χ1n) is 5.33. The van der Waals surface area contributed by atoms with Crippen molar-refractivity contribution in [3.8, 4) is 0 Å². The number of halogens is 2. The van der Waals surface area contributed by atoms with Crippen molar-refractivity contribution in [2.75, 3.05) is 11.0 Å². The molecule has 1 aromatic heterocycles. The minimum absolute atomic E-state index is 0.0286. The van der Waals surface area contributed by atoms with Crippen LogP contribution >= 0.6 is 50.6 Å². The molecule has 0 radical (unpaired) electrons. The molecule has 0 aliphatic heterocycles. The van der Waals surface area contributed by atoms with Gasteiger partial charge in [0.05, 0.1) is 14.9 Å².